The van der Waals surface area contributed by atoms with Crippen LogP contribution in [0.2, 0.25) is 0 Å². The Morgan fingerprint density at radius 3 is 2.54 bits per heavy atom. The van der Waals surface area contributed by atoms with E-state index < -0.39 is 0 Å². The van der Waals surface area contributed by atoms with Crippen molar-refractivity contribution >= 4 is 10.9 Å². The quantitative estimate of drug-likeness (QED) is 0.761. The number of H-pyrrole nitrogens is 1. The number of benzene rings is 2. The number of para-hydroxylation sites is 1. The third-order valence-corrected chi connectivity index (χ3v) is 5.77. The maximum Gasteiger partial charge on any atom is 0.258 e. The summed E-state index contributed by atoms with van der Waals surface area (Å²) in [6, 6.07) is 18.6. The molecule has 1 aliphatic rings. The Balaban J connectivity index is 1.43. The summed E-state index contributed by atoms with van der Waals surface area (Å²) in [4.78, 5) is 21.6. The van der Waals surface area contributed by atoms with E-state index >= 15 is 0 Å². The highest BCUT2D eigenvalue weighted by atomic mass is 16.1. The Labute approximate surface area is 153 Å². The molecule has 1 fully saturated rings. The van der Waals surface area contributed by atoms with Gasteiger partial charge in [0, 0.05) is 0 Å². The number of likely N-dealkylation sites (tertiary alicyclic amines) is 1. The molecule has 1 saturated heterocycles. The molecule has 0 aliphatic carbocycles. The van der Waals surface area contributed by atoms with Crippen molar-refractivity contribution in [3.05, 3.63) is 76.3 Å². The van der Waals surface area contributed by atoms with Crippen molar-refractivity contribution in [2.75, 3.05) is 13.1 Å². The third-order valence-electron chi connectivity index (χ3n) is 5.77. The summed E-state index contributed by atoms with van der Waals surface area (Å²) < 4.78 is 0. The van der Waals surface area contributed by atoms with Crippen molar-refractivity contribution in [2.45, 2.75) is 32.2 Å². The van der Waals surface area contributed by atoms with Crippen molar-refractivity contribution in [1.82, 2.24) is 9.97 Å². The number of hydrogen-bond donors (Lipinski definition) is 2. The highest BCUT2D eigenvalue weighted by Gasteiger charge is 2.28. The molecule has 0 bridgehead atoms. The second kappa shape index (κ2) is 7.42. The molecule has 4 rings (SSSR count). The molecule has 0 unspecified atom stereocenters. The number of aromatic amines is 1. The van der Waals surface area contributed by atoms with Gasteiger partial charge in [0.05, 0.1) is 24.0 Å². The van der Waals surface area contributed by atoms with Crippen LogP contribution in [0.3, 0.4) is 0 Å². The SMILES string of the molecule is C[C@@H](c1nc2ccccc2c(=O)[nH]1)[NH+]1CCC(Cc2ccccc2)CC1. The largest absolute Gasteiger partial charge is 0.326 e. The van der Waals surface area contributed by atoms with Gasteiger partial charge in [-0.05, 0) is 49.8 Å². The lowest BCUT2D eigenvalue weighted by Gasteiger charge is -2.32. The Morgan fingerprint density at radius 1 is 1.08 bits per heavy atom. The Kier molecular flexibility index (Phi) is 4.85. The summed E-state index contributed by atoms with van der Waals surface area (Å²) >= 11 is 0. The van der Waals surface area contributed by atoms with Crippen LogP contribution in [0.1, 0.15) is 37.2 Å². The van der Waals surface area contributed by atoms with Gasteiger partial charge in [0.15, 0.2) is 5.82 Å². The van der Waals surface area contributed by atoms with E-state index in [9.17, 15) is 4.79 Å². The van der Waals surface area contributed by atoms with Gasteiger partial charge in [-0.15, -0.1) is 0 Å². The minimum absolute atomic E-state index is 0.0317. The summed E-state index contributed by atoms with van der Waals surface area (Å²) in [5, 5.41) is 0.667. The minimum atomic E-state index is -0.0317. The van der Waals surface area contributed by atoms with Crippen LogP contribution in [-0.2, 0) is 6.42 Å². The van der Waals surface area contributed by atoms with Crippen LogP contribution in [0.5, 0.6) is 0 Å². The second-order valence-electron chi connectivity index (χ2n) is 7.48. The number of rotatable bonds is 4. The summed E-state index contributed by atoms with van der Waals surface area (Å²) in [5.41, 5.74) is 2.20. The number of piperidine rings is 1. The highest BCUT2D eigenvalue weighted by molar-refractivity contribution is 5.77. The maximum absolute atomic E-state index is 12.3. The predicted octanol–water partition coefficient (Wildman–Crippen LogP) is 2.52. The molecule has 1 atom stereocenters. The van der Waals surface area contributed by atoms with Crippen LogP contribution in [0.4, 0.5) is 0 Å². The van der Waals surface area contributed by atoms with E-state index in [1.54, 1.807) is 0 Å². The van der Waals surface area contributed by atoms with Gasteiger partial charge >= 0.3 is 0 Å². The number of nitrogens with one attached hydrogen (secondary N) is 2. The lowest BCUT2D eigenvalue weighted by Crippen LogP contribution is -3.13. The lowest BCUT2D eigenvalue weighted by atomic mass is 9.89. The summed E-state index contributed by atoms with van der Waals surface area (Å²) in [5.74, 6) is 1.57. The first-order chi connectivity index (χ1) is 12.7. The van der Waals surface area contributed by atoms with Crippen LogP contribution in [0.15, 0.2) is 59.4 Å². The Bertz CT molecular complexity index is 927. The standard InChI is InChI=1S/C22H25N3O/c1-16(21-23-20-10-6-5-9-19(20)22(26)24-21)25-13-11-18(12-14-25)15-17-7-3-2-4-8-17/h2-10,16,18H,11-15H2,1H3,(H,23,24,26)/p+1/t16-/m0/s1. The van der Waals surface area contributed by atoms with Gasteiger partial charge in [0.2, 0.25) is 0 Å². The van der Waals surface area contributed by atoms with Gasteiger partial charge in [-0.25, -0.2) is 4.98 Å². The molecule has 3 aromatic rings. The van der Waals surface area contributed by atoms with E-state index in [-0.39, 0.29) is 11.6 Å². The molecule has 0 saturated carbocycles. The number of fused-ring (bicyclic) bond motifs is 1. The number of quaternary nitrogens is 1. The lowest BCUT2D eigenvalue weighted by molar-refractivity contribution is -0.936. The van der Waals surface area contributed by atoms with E-state index in [0.717, 1.165) is 30.3 Å². The number of nitrogens with zero attached hydrogens (tertiary/aromatic N) is 1. The first kappa shape index (κ1) is 17.0. The summed E-state index contributed by atoms with van der Waals surface area (Å²) in [6.45, 7) is 4.45. The molecule has 1 aromatic heterocycles. The molecule has 4 heteroatoms. The van der Waals surface area contributed by atoms with Gasteiger partial charge in [0.1, 0.15) is 6.04 Å². The molecule has 2 heterocycles. The average molecular weight is 348 g/mol. The molecule has 0 radical (unpaired) electrons. The molecular formula is C22H26N3O+. The molecule has 0 spiro atoms. The minimum Gasteiger partial charge on any atom is -0.326 e. The van der Waals surface area contributed by atoms with Crippen LogP contribution in [-0.4, -0.2) is 23.1 Å². The van der Waals surface area contributed by atoms with Crippen molar-refractivity contribution in [3.8, 4) is 0 Å². The maximum atomic E-state index is 12.3. The van der Waals surface area contributed by atoms with Crippen LogP contribution in [0, 0.1) is 5.92 Å². The first-order valence-electron chi connectivity index (χ1n) is 9.58. The summed E-state index contributed by atoms with van der Waals surface area (Å²) in [6.07, 6.45) is 3.63. The molecule has 26 heavy (non-hydrogen) atoms. The zero-order chi connectivity index (χ0) is 17.9. The zero-order valence-corrected chi connectivity index (χ0v) is 15.2. The van der Waals surface area contributed by atoms with E-state index in [0.29, 0.717) is 5.39 Å². The van der Waals surface area contributed by atoms with Gasteiger partial charge in [0.25, 0.3) is 5.56 Å². The fourth-order valence-corrected chi connectivity index (χ4v) is 4.14. The normalized spacial score (nSPS) is 21.6. The van der Waals surface area contributed by atoms with Gasteiger partial charge < -0.3 is 9.88 Å². The zero-order valence-electron chi connectivity index (χ0n) is 15.2. The van der Waals surface area contributed by atoms with Crippen molar-refractivity contribution in [3.63, 3.8) is 0 Å². The topological polar surface area (TPSA) is 50.2 Å². The Morgan fingerprint density at radius 2 is 1.77 bits per heavy atom. The number of aromatic nitrogens is 2. The number of hydrogen-bond acceptors (Lipinski definition) is 2. The molecular weight excluding hydrogens is 322 g/mol. The monoisotopic (exact) mass is 348 g/mol. The highest BCUT2D eigenvalue weighted by Crippen LogP contribution is 2.18. The molecule has 2 aromatic carbocycles. The van der Waals surface area contributed by atoms with Crippen LogP contribution < -0.4 is 10.5 Å². The van der Waals surface area contributed by atoms with E-state index in [2.05, 4.69) is 42.2 Å². The molecule has 134 valence electrons. The second-order valence-corrected chi connectivity index (χ2v) is 7.48. The van der Waals surface area contributed by atoms with Crippen molar-refractivity contribution in [1.29, 1.82) is 0 Å². The summed E-state index contributed by atoms with van der Waals surface area (Å²) in [7, 11) is 0. The fourth-order valence-electron chi connectivity index (χ4n) is 4.14. The smallest absolute Gasteiger partial charge is 0.258 e. The van der Waals surface area contributed by atoms with Gasteiger partial charge in [-0.2, -0.15) is 0 Å². The van der Waals surface area contributed by atoms with E-state index in [1.807, 2.05) is 24.3 Å². The first-order valence-corrected chi connectivity index (χ1v) is 9.58. The van der Waals surface area contributed by atoms with Gasteiger partial charge in [-0.1, -0.05) is 42.5 Å². The van der Waals surface area contributed by atoms with E-state index in [1.165, 1.54) is 29.7 Å². The van der Waals surface area contributed by atoms with Crippen molar-refractivity contribution in [2.24, 2.45) is 5.92 Å². The predicted molar refractivity (Wildman–Crippen MR) is 104 cm³/mol. The molecule has 4 nitrogen and oxygen atoms in total. The van der Waals surface area contributed by atoms with Gasteiger partial charge in [-0.3, -0.25) is 4.79 Å². The fraction of sp³-hybridized carbons (Fsp3) is 0.364. The molecule has 2 N–H and O–H groups in total. The molecule has 0 amide bonds. The third kappa shape index (κ3) is 3.56. The molecule has 1 aliphatic heterocycles. The van der Waals surface area contributed by atoms with Crippen LogP contribution in [0.25, 0.3) is 10.9 Å². The van der Waals surface area contributed by atoms with E-state index in [4.69, 9.17) is 4.98 Å². The Hall–Kier alpha value is -2.46. The van der Waals surface area contributed by atoms with Crippen LogP contribution >= 0.6 is 0 Å². The average Bonchev–Trinajstić information content (AvgIpc) is 2.69. The van der Waals surface area contributed by atoms with Crippen molar-refractivity contribution < 1.29 is 4.90 Å².